The molecule has 1 saturated heterocycles. The van der Waals surface area contributed by atoms with Crippen molar-refractivity contribution in [2.45, 2.75) is 12.8 Å². The highest BCUT2D eigenvalue weighted by atomic mass is 16.4. The van der Waals surface area contributed by atoms with E-state index < -0.39 is 17.8 Å². The van der Waals surface area contributed by atoms with E-state index in [9.17, 15) is 14.4 Å². The van der Waals surface area contributed by atoms with Crippen molar-refractivity contribution in [2.24, 2.45) is 11.8 Å². The lowest BCUT2D eigenvalue weighted by Gasteiger charge is -2.19. The molecule has 2 fully saturated rings. The Morgan fingerprint density at radius 2 is 2.00 bits per heavy atom. The first-order chi connectivity index (χ1) is 8.00. The van der Waals surface area contributed by atoms with Gasteiger partial charge in [-0.05, 0) is 12.8 Å². The van der Waals surface area contributed by atoms with Gasteiger partial charge in [-0.2, -0.15) is 0 Å². The highest BCUT2D eigenvalue weighted by Crippen LogP contribution is 2.40. The molecule has 0 spiro atoms. The number of rotatable bonds is 2. The number of carboxylic acids is 1. The highest BCUT2D eigenvalue weighted by Gasteiger charge is 2.50. The minimum atomic E-state index is -0.915. The molecular formula is C11H16N2O4. The summed E-state index contributed by atoms with van der Waals surface area (Å²) in [5, 5.41) is 8.77. The zero-order valence-corrected chi connectivity index (χ0v) is 9.76. The first-order valence-electron chi connectivity index (χ1n) is 5.76. The molecule has 0 aromatic carbocycles. The van der Waals surface area contributed by atoms with E-state index in [4.69, 9.17) is 5.11 Å². The molecular weight excluding hydrogens is 224 g/mol. The van der Waals surface area contributed by atoms with Crippen molar-refractivity contribution < 1.29 is 19.5 Å². The molecule has 2 atom stereocenters. The fourth-order valence-electron chi connectivity index (χ4n) is 2.15. The summed E-state index contributed by atoms with van der Waals surface area (Å²) in [6, 6.07) is 0. The molecule has 0 bridgehead atoms. The van der Waals surface area contributed by atoms with Crippen LogP contribution in [0.2, 0.25) is 0 Å². The predicted molar refractivity (Wildman–Crippen MR) is 58.1 cm³/mol. The standard InChI is InChI=1S/C11H16N2O4/c1-12-3-2-4-13(6-9(12)14)10(15)7-5-8(7)11(16)17/h7-8H,2-6H2,1H3,(H,16,17)/t7-,8+/m1/s1. The van der Waals surface area contributed by atoms with Gasteiger partial charge >= 0.3 is 5.97 Å². The van der Waals surface area contributed by atoms with Crippen LogP contribution in [0, 0.1) is 11.8 Å². The third kappa shape index (κ3) is 2.40. The van der Waals surface area contributed by atoms with Crippen LogP contribution < -0.4 is 0 Å². The number of hydrogen-bond donors (Lipinski definition) is 1. The number of carboxylic acid groups (broad SMARTS) is 1. The van der Waals surface area contributed by atoms with Gasteiger partial charge in [-0.25, -0.2) is 0 Å². The SMILES string of the molecule is CN1CCCN(C(=O)[C@@H]2C[C@@H]2C(=O)O)CC1=O. The zero-order chi connectivity index (χ0) is 12.6. The van der Waals surface area contributed by atoms with Crippen molar-refractivity contribution in [1.29, 1.82) is 0 Å². The Hall–Kier alpha value is -1.59. The molecule has 6 nitrogen and oxygen atoms in total. The molecule has 1 aliphatic carbocycles. The largest absolute Gasteiger partial charge is 0.481 e. The minimum absolute atomic E-state index is 0.0802. The van der Waals surface area contributed by atoms with Gasteiger partial charge in [0.25, 0.3) is 0 Å². The number of carbonyl (C=O) groups excluding carboxylic acids is 2. The molecule has 0 radical (unpaired) electrons. The molecule has 2 aliphatic rings. The zero-order valence-electron chi connectivity index (χ0n) is 9.76. The summed E-state index contributed by atoms with van der Waals surface area (Å²) in [4.78, 5) is 37.4. The van der Waals surface area contributed by atoms with Gasteiger partial charge in [-0.15, -0.1) is 0 Å². The summed E-state index contributed by atoms with van der Waals surface area (Å²) in [5.41, 5.74) is 0. The maximum atomic E-state index is 12.0. The maximum Gasteiger partial charge on any atom is 0.307 e. The molecule has 2 amide bonds. The quantitative estimate of drug-likeness (QED) is 0.699. The van der Waals surface area contributed by atoms with Gasteiger partial charge in [-0.3, -0.25) is 14.4 Å². The van der Waals surface area contributed by atoms with Gasteiger partial charge in [-0.1, -0.05) is 0 Å². The van der Waals surface area contributed by atoms with Gasteiger partial charge in [0.2, 0.25) is 11.8 Å². The van der Waals surface area contributed by atoms with Gasteiger partial charge < -0.3 is 14.9 Å². The van der Waals surface area contributed by atoms with Crippen LogP contribution in [-0.2, 0) is 14.4 Å². The van der Waals surface area contributed by atoms with Crippen molar-refractivity contribution in [3.8, 4) is 0 Å². The van der Waals surface area contributed by atoms with Crippen LogP contribution >= 0.6 is 0 Å². The van der Waals surface area contributed by atoms with Crippen LogP contribution in [0.3, 0.4) is 0 Å². The molecule has 94 valence electrons. The first-order valence-corrected chi connectivity index (χ1v) is 5.76. The third-order valence-corrected chi connectivity index (χ3v) is 3.41. The monoisotopic (exact) mass is 240 g/mol. The smallest absolute Gasteiger partial charge is 0.307 e. The van der Waals surface area contributed by atoms with Crippen molar-refractivity contribution in [1.82, 2.24) is 9.80 Å². The van der Waals surface area contributed by atoms with E-state index in [1.807, 2.05) is 0 Å². The van der Waals surface area contributed by atoms with Gasteiger partial charge in [0.15, 0.2) is 0 Å². The number of amides is 2. The normalized spacial score (nSPS) is 28.9. The fraction of sp³-hybridized carbons (Fsp3) is 0.727. The Kier molecular flexibility index (Phi) is 3.04. The highest BCUT2D eigenvalue weighted by molar-refractivity contribution is 5.92. The molecule has 1 saturated carbocycles. The van der Waals surface area contributed by atoms with E-state index in [-0.39, 0.29) is 18.4 Å². The molecule has 6 heteroatoms. The summed E-state index contributed by atoms with van der Waals surface area (Å²) in [6.07, 6.45) is 1.16. The second kappa shape index (κ2) is 4.35. The lowest BCUT2D eigenvalue weighted by molar-refractivity contribution is -0.143. The van der Waals surface area contributed by atoms with E-state index in [0.717, 1.165) is 6.42 Å². The molecule has 1 aliphatic heterocycles. The van der Waals surface area contributed by atoms with E-state index in [2.05, 4.69) is 0 Å². The number of hydrogen-bond acceptors (Lipinski definition) is 3. The van der Waals surface area contributed by atoms with Crippen molar-refractivity contribution >= 4 is 17.8 Å². The van der Waals surface area contributed by atoms with E-state index in [1.165, 1.54) is 4.90 Å². The average molecular weight is 240 g/mol. The van der Waals surface area contributed by atoms with Crippen LogP contribution in [0.1, 0.15) is 12.8 Å². The molecule has 1 heterocycles. The van der Waals surface area contributed by atoms with Crippen molar-refractivity contribution in [2.75, 3.05) is 26.7 Å². The fourth-order valence-corrected chi connectivity index (χ4v) is 2.15. The van der Waals surface area contributed by atoms with Crippen LogP contribution in [0.15, 0.2) is 0 Å². The van der Waals surface area contributed by atoms with Crippen LogP contribution in [0.25, 0.3) is 0 Å². The Balaban J connectivity index is 1.96. The number of carbonyl (C=O) groups is 3. The van der Waals surface area contributed by atoms with Crippen LogP contribution in [0.5, 0.6) is 0 Å². The Labute approximate surface area is 99.2 Å². The second-order valence-electron chi connectivity index (χ2n) is 4.72. The van der Waals surface area contributed by atoms with Gasteiger partial charge in [0.1, 0.15) is 0 Å². The number of likely N-dealkylation sites (N-methyl/N-ethyl adjacent to an activating group) is 1. The van der Waals surface area contributed by atoms with Crippen molar-refractivity contribution in [3.05, 3.63) is 0 Å². The summed E-state index contributed by atoms with van der Waals surface area (Å²) in [6.45, 7) is 1.27. The Morgan fingerprint density at radius 1 is 1.29 bits per heavy atom. The lowest BCUT2D eigenvalue weighted by atomic mass is 10.2. The van der Waals surface area contributed by atoms with E-state index >= 15 is 0 Å². The molecule has 0 aromatic rings. The summed E-state index contributed by atoms with van der Waals surface area (Å²) in [7, 11) is 1.72. The lowest BCUT2D eigenvalue weighted by Crippen LogP contribution is -2.39. The van der Waals surface area contributed by atoms with Crippen LogP contribution in [-0.4, -0.2) is 59.4 Å². The molecule has 0 unspecified atom stereocenters. The Bertz CT molecular complexity index is 368. The summed E-state index contributed by atoms with van der Waals surface area (Å²) in [5.74, 6) is -2.13. The van der Waals surface area contributed by atoms with Crippen molar-refractivity contribution in [3.63, 3.8) is 0 Å². The maximum absolute atomic E-state index is 12.0. The van der Waals surface area contributed by atoms with Gasteiger partial charge in [0.05, 0.1) is 18.4 Å². The summed E-state index contributed by atoms with van der Waals surface area (Å²) < 4.78 is 0. The summed E-state index contributed by atoms with van der Waals surface area (Å²) >= 11 is 0. The third-order valence-electron chi connectivity index (χ3n) is 3.41. The topological polar surface area (TPSA) is 77.9 Å². The number of aliphatic carboxylic acids is 1. The van der Waals surface area contributed by atoms with E-state index in [1.54, 1.807) is 11.9 Å². The molecule has 2 rings (SSSR count). The average Bonchev–Trinajstić information content (AvgIpc) is 3.05. The second-order valence-corrected chi connectivity index (χ2v) is 4.72. The molecule has 1 N–H and O–H groups in total. The molecule has 0 aromatic heterocycles. The number of nitrogens with zero attached hydrogens (tertiary/aromatic N) is 2. The van der Waals surface area contributed by atoms with Crippen LogP contribution in [0.4, 0.5) is 0 Å². The van der Waals surface area contributed by atoms with E-state index in [0.29, 0.717) is 19.5 Å². The molecule has 17 heavy (non-hydrogen) atoms. The Morgan fingerprint density at radius 3 is 2.59 bits per heavy atom. The first kappa shape index (κ1) is 11.9. The predicted octanol–water partition coefficient (Wildman–Crippen LogP) is -0.602. The minimum Gasteiger partial charge on any atom is -0.481 e. The van der Waals surface area contributed by atoms with Gasteiger partial charge in [0, 0.05) is 20.1 Å².